The smallest absolute Gasteiger partial charge is 0.308 e. The molecule has 5 rings (SSSR count). The Balaban J connectivity index is 1.75. The number of hydrogen-bond donors (Lipinski definition) is 2. The van der Waals surface area contributed by atoms with Gasteiger partial charge < -0.3 is 29.4 Å². The molecule has 2 bridgehead atoms. The SMILES string of the molecule is C/C=C(\OC(C)=O)C1=C(C2=COCO2)[C@H](CNC(=O)CCC)N2C(C1)[C@H]1c3c(cc(C)c(OC)c3O)C[C@@H]([C@@H]2C#N)N1C. The van der Waals surface area contributed by atoms with E-state index in [-0.39, 0.29) is 43.1 Å². The fourth-order valence-corrected chi connectivity index (χ4v) is 7.34. The van der Waals surface area contributed by atoms with Gasteiger partial charge in [-0.2, -0.15) is 5.26 Å². The van der Waals surface area contributed by atoms with Gasteiger partial charge in [0.25, 0.3) is 0 Å². The summed E-state index contributed by atoms with van der Waals surface area (Å²) in [5.74, 6) is 0.795. The molecule has 0 radical (unpaired) electrons. The average Bonchev–Trinajstić information content (AvgIpc) is 3.50. The monoisotopic (exact) mass is 592 g/mol. The molecule has 1 aromatic rings. The number of fused-ring (bicyclic) bond motifs is 6. The van der Waals surface area contributed by atoms with Crippen LogP contribution in [0.3, 0.4) is 0 Å². The molecule has 1 fully saturated rings. The second-order valence-electron chi connectivity index (χ2n) is 11.4. The van der Waals surface area contributed by atoms with Crippen LogP contribution in [0.25, 0.3) is 0 Å². The maximum atomic E-state index is 12.8. The van der Waals surface area contributed by atoms with E-state index in [1.165, 1.54) is 13.2 Å². The number of likely N-dealkylation sites (N-methyl/N-ethyl adjacent to an activating group) is 1. The lowest BCUT2D eigenvalue weighted by atomic mass is 9.71. The Morgan fingerprint density at radius 1 is 1.30 bits per heavy atom. The number of allylic oxidation sites excluding steroid dienone is 2. The quantitative estimate of drug-likeness (QED) is 0.341. The van der Waals surface area contributed by atoms with E-state index in [0.717, 1.165) is 22.3 Å². The fraction of sp³-hybridized carbons (Fsp3) is 0.531. The van der Waals surface area contributed by atoms with E-state index in [1.54, 1.807) is 20.1 Å². The Hall–Kier alpha value is -4.01. The Morgan fingerprint density at radius 2 is 2.07 bits per heavy atom. The molecule has 0 aliphatic carbocycles. The molecule has 4 heterocycles. The van der Waals surface area contributed by atoms with Crippen molar-refractivity contribution in [1.29, 1.82) is 5.26 Å². The van der Waals surface area contributed by atoms with Crippen molar-refractivity contribution < 1.29 is 33.6 Å². The van der Waals surface area contributed by atoms with E-state index in [9.17, 15) is 20.0 Å². The summed E-state index contributed by atoms with van der Waals surface area (Å²) >= 11 is 0. The number of benzene rings is 1. The lowest BCUT2D eigenvalue weighted by molar-refractivity contribution is -0.136. The molecular formula is C32H40N4O7. The minimum Gasteiger partial charge on any atom is -0.504 e. The fourth-order valence-electron chi connectivity index (χ4n) is 7.34. The van der Waals surface area contributed by atoms with Crippen molar-refractivity contribution in [3.63, 3.8) is 0 Å². The molecule has 11 heteroatoms. The molecule has 1 aromatic carbocycles. The molecular weight excluding hydrogens is 552 g/mol. The number of piperazine rings is 1. The zero-order valence-corrected chi connectivity index (χ0v) is 25.6. The topological polar surface area (TPSA) is 134 Å². The highest BCUT2D eigenvalue weighted by Crippen LogP contribution is 2.54. The van der Waals surface area contributed by atoms with Gasteiger partial charge in [-0.05, 0) is 57.4 Å². The Labute approximate surface area is 252 Å². The lowest BCUT2D eigenvalue weighted by Gasteiger charge is -2.60. The number of phenolic OH excluding ortho intramolecular Hbond substituents is 1. The maximum Gasteiger partial charge on any atom is 0.308 e. The summed E-state index contributed by atoms with van der Waals surface area (Å²) in [4.78, 5) is 29.4. The number of ether oxygens (including phenoxy) is 4. The summed E-state index contributed by atoms with van der Waals surface area (Å²) in [6.45, 7) is 7.22. The second-order valence-corrected chi connectivity index (χ2v) is 11.4. The number of esters is 1. The Kier molecular flexibility index (Phi) is 8.71. The largest absolute Gasteiger partial charge is 0.504 e. The maximum absolute atomic E-state index is 12.8. The molecule has 43 heavy (non-hydrogen) atoms. The summed E-state index contributed by atoms with van der Waals surface area (Å²) in [5.41, 5.74) is 3.99. The number of phenols is 1. The number of methoxy groups -OCH3 is 1. The highest BCUT2D eigenvalue weighted by molar-refractivity contribution is 5.76. The zero-order chi connectivity index (χ0) is 31.0. The van der Waals surface area contributed by atoms with Crippen LogP contribution < -0.4 is 10.1 Å². The molecule has 230 valence electrons. The van der Waals surface area contributed by atoms with E-state index >= 15 is 0 Å². The van der Waals surface area contributed by atoms with Crippen LogP contribution in [0.2, 0.25) is 0 Å². The number of carbonyl (C=O) groups is 2. The summed E-state index contributed by atoms with van der Waals surface area (Å²) in [6.07, 6.45) is 5.27. The van der Waals surface area contributed by atoms with Gasteiger partial charge in [0, 0.05) is 48.7 Å². The third kappa shape index (κ3) is 5.23. The van der Waals surface area contributed by atoms with Crippen molar-refractivity contribution in [2.45, 2.75) is 83.6 Å². The van der Waals surface area contributed by atoms with Crippen LogP contribution in [0, 0.1) is 18.3 Å². The van der Waals surface area contributed by atoms with Crippen molar-refractivity contribution >= 4 is 11.9 Å². The third-order valence-corrected chi connectivity index (χ3v) is 8.97. The van der Waals surface area contributed by atoms with Gasteiger partial charge in [-0.1, -0.05) is 13.0 Å². The van der Waals surface area contributed by atoms with Gasteiger partial charge in [-0.25, -0.2) is 0 Å². The summed E-state index contributed by atoms with van der Waals surface area (Å²) in [6, 6.07) is 2.69. The van der Waals surface area contributed by atoms with Crippen molar-refractivity contribution in [2.75, 3.05) is 27.5 Å². The molecule has 5 atom stereocenters. The molecule has 4 aliphatic rings. The van der Waals surface area contributed by atoms with Gasteiger partial charge >= 0.3 is 5.97 Å². The first-order valence-electron chi connectivity index (χ1n) is 14.7. The Bertz CT molecular complexity index is 1440. The van der Waals surface area contributed by atoms with Crippen LogP contribution in [0.5, 0.6) is 11.5 Å². The minimum atomic E-state index is -0.556. The van der Waals surface area contributed by atoms with Gasteiger partial charge in [-0.15, -0.1) is 0 Å². The summed E-state index contributed by atoms with van der Waals surface area (Å²) in [5, 5.41) is 25.4. The Morgan fingerprint density at radius 3 is 2.67 bits per heavy atom. The van der Waals surface area contributed by atoms with Crippen LogP contribution >= 0.6 is 0 Å². The second kappa shape index (κ2) is 12.3. The van der Waals surface area contributed by atoms with Gasteiger partial charge in [0.2, 0.25) is 12.7 Å². The average molecular weight is 593 g/mol. The first-order valence-corrected chi connectivity index (χ1v) is 14.7. The lowest BCUT2D eigenvalue weighted by Crippen LogP contribution is -2.70. The van der Waals surface area contributed by atoms with E-state index in [0.29, 0.717) is 48.5 Å². The van der Waals surface area contributed by atoms with E-state index in [1.807, 2.05) is 27.0 Å². The van der Waals surface area contributed by atoms with Gasteiger partial charge in [0.1, 0.15) is 18.1 Å². The number of rotatable bonds is 8. The molecule has 11 nitrogen and oxygen atoms in total. The van der Waals surface area contributed by atoms with Crippen molar-refractivity contribution in [1.82, 2.24) is 15.1 Å². The normalized spacial score (nSPS) is 26.8. The number of nitriles is 1. The standard InChI is InChI=1S/C32H40N4O7/c1-7-9-27(38)34-14-24-29(26-15-41-16-42-26)20(25(8-2)43-18(4)37)12-22-30-28-19(10-17(3)32(40-6)31(28)39)11-21(35(30)5)23(13-33)36(22)24/h8,10,15,21-24,30,39H,7,9,11-12,14,16H2,1-6H3,(H,34,38)/b25-8-/t21-,22?,23-,24-,30-/m0/s1. The first kappa shape index (κ1) is 30.4. The zero-order valence-electron chi connectivity index (χ0n) is 25.6. The molecule has 0 spiro atoms. The van der Waals surface area contributed by atoms with E-state index in [2.05, 4.69) is 21.2 Å². The summed E-state index contributed by atoms with van der Waals surface area (Å²) in [7, 11) is 3.53. The van der Waals surface area contributed by atoms with Crippen LogP contribution in [-0.2, 0) is 30.2 Å². The highest BCUT2D eigenvalue weighted by atomic mass is 16.7. The number of nitrogens with one attached hydrogen (secondary N) is 1. The van der Waals surface area contributed by atoms with E-state index < -0.39 is 18.1 Å². The predicted molar refractivity (Wildman–Crippen MR) is 156 cm³/mol. The number of carbonyl (C=O) groups excluding carboxylic acids is 2. The van der Waals surface area contributed by atoms with Crippen LogP contribution in [0.15, 0.2) is 41.1 Å². The molecule has 4 aliphatic heterocycles. The van der Waals surface area contributed by atoms with Gasteiger partial charge in [0.05, 0.1) is 25.3 Å². The minimum absolute atomic E-state index is 0.0270. The molecule has 1 saturated heterocycles. The van der Waals surface area contributed by atoms with Gasteiger partial charge in [-0.3, -0.25) is 19.4 Å². The molecule has 0 saturated carbocycles. The van der Waals surface area contributed by atoms with Crippen molar-refractivity contribution in [3.8, 4) is 17.6 Å². The van der Waals surface area contributed by atoms with Crippen molar-refractivity contribution in [3.05, 3.63) is 57.8 Å². The van der Waals surface area contributed by atoms with E-state index in [4.69, 9.17) is 18.9 Å². The summed E-state index contributed by atoms with van der Waals surface area (Å²) < 4.78 is 22.7. The molecule has 0 aromatic heterocycles. The highest BCUT2D eigenvalue weighted by Gasteiger charge is 2.56. The molecule has 1 amide bonds. The first-order chi connectivity index (χ1) is 20.7. The molecule has 2 N–H and O–H groups in total. The third-order valence-electron chi connectivity index (χ3n) is 8.97. The van der Waals surface area contributed by atoms with Crippen LogP contribution in [-0.4, -0.2) is 78.4 Å². The number of nitrogens with zero attached hydrogens (tertiary/aromatic N) is 3. The number of aromatic hydroxyl groups is 1. The van der Waals surface area contributed by atoms with Crippen molar-refractivity contribution in [2.24, 2.45) is 0 Å². The predicted octanol–water partition coefficient (Wildman–Crippen LogP) is 3.48. The van der Waals surface area contributed by atoms with Crippen LogP contribution in [0.1, 0.15) is 62.8 Å². The molecule has 1 unspecified atom stereocenters. The van der Waals surface area contributed by atoms with Gasteiger partial charge in [0.15, 0.2) is 17.3 Å². The number of aryl methyl sites for hydroxylation is 1. The number of amides is 1. The van der Waals surface area contributed by atoms with Crippen LogP contribution in [0.4, 0.5) is 0 Å². The number of hydrogen-bond acceptors (Lipinski definition) is 10.